The molecule has 1 fully saturated rings. The molecule has 5 heteroatoms. The predicted octanol–water partition coefficient (Wildman–Crippen LogP) is 10.1. The molecular formula is C36H58O3SSi. The maximum atomic E-state index is 10.5. The molecule has 1 aliphatic carbocycles. The van der Waals surface area contributed by atoms with Crippen LogP contribution in [0, 0.1) is 5.92 Å². The third-order valence-electron chi connectivity index (χ3n) is 7.83. The Bertz CT molecular complexity index is 1080. The summed E-state index contributed by atoms with van der Waals surface area (Å²) in [6, 6.07) is 16.0. The van der Waals surface area contributed by atoms with Crippen molar-refractivity contribution in [1.29, 1.82) is 0 Å². The molecule has 0 spiro atoms. The topological polar surface area (TPSA) is 35.5 Å². The van der Waals surface area contributed by atoms with Crippen LogP contribution in [0.1, 0.15) is 131 Å². The standard InChI is InChI=1S/C28H44O2SSi.C8H14O/c1-9-11-19-29-32(20-12-10-2,26-16-14-13-15-25(26)31)30-24-18-17-22(27(3,4)5)21-23(24)28(6,7)8;1-2-3-4-5-7-6-8(7)9/h13-18,21,31H,9-12,19-20H2,1-8H3;7H,2-6H2,1H3. The van der Waals surface area contributed by atoms with E-state index in [0.29, 0.717) is 11.7 Å². The molecule has 3 rings (SSSR count). The van der Waals surface area contributed by atoms with Crippen molar-refractivity contribution in [2.45, 2.75) is 142 Å². The summed E-state index contributed by atoms with van der Waals surface area (Å²) in [6.07, 6.45) is 10.2. The Morgan fingerprint density at radius 2 is 1.49 bits per heavy atom. The first-order valence-electron chi connectivity index (χ1n) is 16.1. The van der Waals surface area contributed by atoms with E-state index in [-0.39, 0.29) is 10.8 Å². The summed E-state index contributed by atoms with van der Waals surface area (Å²) < 4.78 is 13.9. The molecule has 0 aromatic heterocycles. The van der Waals surface area contributed by atoms with Crippen LogP contribution < -0.4 is 9.61 Å². The number of hydrogen-bond acceptors (Lipinski definition) is 4. The Balaban J connectivity index is 0.000000553. The van der Waals surface area contributed by atoms with Crippen LogP contribution in [0.25, 0.3) is 0 Å². The maximum absolute atomic E-state index is 10.5. The second-order valence-electron chi connectivity index (χ2n) is 13.8. The van der Waals surface area contributed by atoms with Gasteiger partial charge in [0.1, 0.15) is 11.5 Å². The van der Waals surface area contributed by atoms with Crippen molar-refractivity contribution in [2.75, 3.05) is 6.61 Å². The minimum atomic E-state index is -2.77. The van der Waals surface area contributed by atoms with Gasteiger partial charge >= 0.3 is 8.56 Å². The molecule has 0 amide bonds. The normalized spacial score (nSPS) is 16.5. The van der Waals surface area contributed by atoms with Crippen molar-refractivity contribution in [2.24, 2.45) is 5.92 Å². The van der Waals surface area contributed by atoms with Crippen LogP contribution >= 0.6 is 12.6 Å². The highest BCUT2D eigenvalue weighted by molar-refractivity contribution is 7.80. The molecule has 2 aromatic carbocycles. The first-order chi connectivity index (χ1) is 19.3. The van der Waals surface area contributed by atoms with Crippen molar-refractivity contribution < 1.29 is 13.6 Å². The number of ketones is 1. The molecule has 0 bridgehead atoms. The van der Waals surface area contributed by atoms with Gasteiger partial charge in [0.2, 0.25) is 0 Å². The van der Waals surface area contributed by atoms with Crippen LogP contribution in [0.15, 0.2) is 47.4 Å². The van der Waals surface area contributed by atoms with E-state index in [4.69, 9.17) is 21.5 Å². The Morgan fingerprint density at radius 3 is 2.02 bits per heavy atom. The predicted molar refractivity (Wildman–Crippen MR) is 181 cm³/mol. The molecule has 1 saturated carbocycles. The Hall–Kier alpha value is -1.56. The van der Waals surface area contributed by atoms with Crippen LogP contribution in [0.5, 0.6) is 5.75 Å². The number of carbonyl (C=O) groups is 1. The molecule has 41 heavy (non-hydrogen) atoms. The summed E-state index contributed by atoms with van der Waals surface area (Å²) in [5.74, 6) is 1.93. The molecule has 3 nitrogen and oxygen atoms in total. The summed E-state index contributed by atoms with van der Waals surface area (Å²) in [6.45, 7) is 20.9. The number of benzene rings is 2. The highest BCUT2D eigenvalue weighted by Gasteiger charge is 2.44. The second kappa shape index (κ2) is 16.3. The molecular weight excluding hydrogens is 541 g/mol. The van der Waals surface area contributed by atoms with E-state index in [1.807, 2.05) is 6.07 Å². The van der Waals surface area contributed by atoms with Gasteiger partial charge in [-0.25, -0.2) is 0 Å². The second-order valence-corrected chi connectivity index (χ2v) is 17.3. The molecule has 0 radical (unpaired) electrons. The average molecular weight is 599 g/mol. The number of carbonyl (C=O) groups excluding carboxylic acids is 1. The molecule has 0 aliphatic heterocycles. The lowest BCUT2D eigenvalue weighted by Gasteiger charge is -2.35. The van der Waals surface area contributed by atoms with Gasteiger partial charge in [-0.3, -0.25) is 4.79 Å². The first kappa shape index (κ1) is 35.6. The lowest BCUT2D eigenvalue weighted by molar-refractivity contribution is -0.111. The number of unbranched alkanes of at least 4 members (excludes halogenated alkanes) is 4. The lowest BCUT2D eigenvalue weighted by Crippen LogP contribution is -2.57. The van der Waals surface area contributed by atoms with E-state index in [0.717, 1.165) is 67.0 Å². The maximum Gasteiger partial charge on any atom is 0.434 e. The fraction of sp³-hybridized carbons (Fsp3) is 0.639. The van der Waals surface area contributed by atoms with Gasteiger partial charge in [0, 0.05) is 35.1 Å². The van der Waals surface area contributed by atoms with E-state index < -0.39 is 8.56 Å². The quantitative estimate of drug-likeness (QED) is 0.133. The molecule has 2 atom stereocenters. The molecule has 0 heterocycles. The van der Waals surface area contributed by atoms with Gasteiger partial charge in [0.05, 0.1) is 0 Å². The van der Waals surface area contributed by atoms with E-state index >= 15 is 0 Å². The molecule has 0 N–H and O–H groups in total. The van der Waals surface area contributed by atoms with Crippen LogP contribution in [0.4, 0.5) is 0 Å². The van der Waals surface area contributed by atoms with Crippen molar-refractivity contribution in [1.82, 2.24) is 0 Å². The Morgan fingerprint density at radius 1 is 0.854 bits per heavy atom. The smallest absolute Gasteiger partial charge is 0.434 e. The van der Waals surface area contributed by atoms with Gasteiger partial charge in [-0.2, -0.15) is 0 Å². The zero-order valence-electron chi connectivity index (χ0n) is 27.6. The zero-order valence-corrected chi connectivity index (χ0v) is 29.5. The fourth-order valence-corrected chi connectivity index (χ4v) is 9.11. The van der Waals surface area contributed by atoms with Crippen LogP contribution in [-0.4, -0.2) is 21.0 Å². The zero-order chi connectivity index (χ0) is 30.7. The Kier molecular flexibility index (Phi) is 14.2. The van der Waals surface area contributed by atoms with Crippen LogP contribution in [-0.2, 0) is 20.1 Å². The highest BCUT2D eigenvalue weighted by Crippen LogP contribution is 2.38. The van der Waals surface area contributed by atoms with Crippen LogP contribution in [0.3, 0.4) is 0 Å². The molecule has 230 valence electrons. The lowest BCUT2D eigenvalue weighted by atomic mass is 9.80. The summed E-state index contributed by atoms with van der Waals surface area (Å²) >= 11 is 4.84. The SMILES string of the molecule is CCCCCC1CC1=O.CCCCO[Si](CCCC)(Oc1ccc(C(C)(C)C)cc1C(C)(C)C)c1ccccc1S. The fourth-order valence-electron chi connectivity index (χ4n) is 4.94. The summed E-state index contributed by atoms with van der Waals surface area (Å²) in [7, 11) is -2.77. The van der Waals surface area contributed by atoms with E-state index in [1.165, 1.54) is 30.4 Å². The van der Waals surface area contributed by atoms with Gasteiger partial charge in [0.15, 0.2) is 0 Å². The Labute approximate surface area is 258 Å². The largest absolute Gasteiger partial charge is 0.517 e. The summed E-state index contributed by atoms with van der Waals surface area (Å²) in [5.41, 5.74) is 2.63. The number of hydrogen-bond donors (Lipinski definition) is 1. The molecule has 0 saturated heterocycles. The number of rotatable bonds is 14. The van der Waals surface area contributed by atoms with Gasteiger partial charge in [-0.05, 0) is 46.9 Å². The minimum Gasteiger partial charge on any atom is -0.517 e. The van der Waals surface area contributed by atoms with Gasteiger partial charge in [-0.15, -0.1) is 12.6 Å². The number of thiol groups is 1. The molecule has 2 aromatic rings. The van der Waals surface area contributed by atoms with E-state index in [9.17, 15) is 4.79 Å². The van der Waals surface area contributed by atoms with E-state index in [1.54, 1.807) is 0 Å². The minimum absolute atomic E-state index is 0.0363. The average Bonchev–Trinajstić information content (AvgIpc) is 3.61. The van der Waals surface area contributed by atoms with Crippen molar-refractivity contribution in [3.8, 4) is 5.75 Å². The van der Waals surface area contributed by atoms with Gasteiger partial charge < -0.3 is 8.85 Å². The number of Topliss-reactive ketones (excluding diaryl/α,β-unsaturated/α-hetero) is 1. The third kappa shape index (κ3) is 11.2. The van der Waals surface area contributed by atoms with Crippen molar-refractivity contribution >= 4 is 32.2 Å². The van der Waals surface area contributed by atoms with Crippen molar-refractivity contribution in [3.05, 3.63) is 53.6 Å². The van der Waals surface area contributed by atoms with Gasteiger partial charge in [-0.1, -0.05) is 131 Å². The monoisotopic (exact) mass is 598 g/mol. The molecule has 2 unspecified atom stereocenters. The summed E-state index contributed by atoms with van der Waals surface area (Å²) in [4.78, 5) is 11.4. The first-order valence-corrected chi connectivity index (χ1v) is 18.5. The van der Waals surface area contributed by atoms with Gasteiger partial charge in [0.25, 0.3) is 0 Å². The van der Waals surface area contributed by atoms with E-state index in [2.05, 4.69) is 98.7 Å². The third-order valence-corrected chi connectivity index (χ3v) is 11.9. The van der Waals surface area contributed by atoms with Crippen LogP contribution in [0.2, 0.25) is 6.04 Å². The molecule has 1 aliphatic rings. The van der Waals surface area contributed by atoms with Crippen molar-refractivity contribution in [3.63, 3.8) is 0 Å². The summed E-state index contributed by atoms with van der Waals surface area (Å²) in [5, 5.41) is 1.15. The highest BCUT2D eigenvalue weighted by atomic mass is 32.1.